The molecule has 4 N–H and O–H groups in total. The van der Waals surface area contributed by atoms with Crippen LogP contribution >= 0.6 is 22.6 Å². The second-order valence-corrected chi connectivity index (χ2v) is 3.68. The van der Waals surface area contributed by atoms with Gasteiger partial charge in [-0.05, 0) is 40.3 Å². The number of halogens is 2. The van der Waals surface area contributed by atoms with Crippen LogP contribution in [0.4, 0.5) is 4.39 Å². The number of hydrogen-bond donors (Lipinski definition) is 2. The summed E-state index contributed by atoms with van der Waals surface area (Å²) in [5.41, 5.74) is 11.9. The van der Waals surface area contributed by atoms with Crippen molar-refractivity contribution in [3.63, 3.8) is 0 Å². The van der Waals surface area contributed by atoms with Crippen LogP contribution in [0.2, 0.25) is 0 Å². The fraction of sp³-hybridized carbons (Fsp3) is 0.250. The van der Waals surface area contributed by atoms with Gasteiger partial charge < -0.3 is 11.5 Å². The van der Waals surface area contributed by atoms with Crippen LogP contribution in [-0.2, 0) is 0 Å². The van der Waals surface area contributed by atoms with Gasteiger partial charge in [0.15, 0.2) is 0 Å². The van der Waals surface area contributed by atoms with Crippen molar-refractivity contribution in [1.82, 2.24) is 0 Å². The average Bonchev–Trinajstić information content (AvgIpc) is 2.08. The van der Waals surface area contributed by atoms with E-state index in [0.29, 0.717) is 10.1 Å². The molecule has 0 aromatic heterocycles. The van der Waals surface area contributed by atoms with Gasteiger partial charge in [0, 0.05) is 16.2 Å². The third-order valence-corrected chi connectivity index (χ3v) is 2.45. The molecule has 1 aromatic rings. The predicted octanol–water partition coefficient (Wildman–Crippen LogP) is 1.39. The highest BCUT2D eigenvalue weighted by Gasteiger charge is 2.05. The molecule has 1 rings (SSSR count). The van der Waals surface area contributed by atoms with E-state index < -0.39 is 0 Å². The minimum Gasteiger partial charge on any atom is -0.329 e. The molecule has 1 atom stereocenters. The third-order valence-electron chi connectivity index (χ3n) is 1.63. The predicted molar refractivity (Wildman–Crippen MR) is 55.1 cm³/mol. The zero-order valence-corrected chi connectivity index (χ0v) is 8.58. The molecule has 0 aliphatic carbocycles. The van der Waals surface area contributed by atoms with Crippen LogP contribution in [0.5, 0.6) is 0 Å². The van der Waals surface area contributed by atoms with Gasteiger partial charge in [-0.3, -0.25) is 0 Å². The van der Waals surface area contributed by atoms with E-state index in [9.17, 15) is 4.39 Å². The lowest BCUT2D eigenvalue weighted by atomic mass is 10.1. The van der Waals surface area contributed by atoms with Crippen LogP contribution in [0.15, 0.2) is 18.2 Å². The molecule has 0 aliphatic rings. The Morgan fingerprint density at radius 1 is 1.50 bits per heavy atom. The Morgan fingerprint density at radius 3 is 2.67 bits per heavy atom. The van der Waals surface area contributed by atoms with Gasteiger partial charge in [0.2, 0.25) is 0 Å². The Labute approximate surface area is 84.3 Å². The maximum absolute atomic E-state index is 12.8. The molecular formula is C8H10FIN2. The van der Waals surface area contributed by atoms with Crippen molar-refractivity contribution in [1.29, 1.82) is 0 Å². The number of hydrogen-bond acceptors (Lipinski definition) is 2. The third kappa shape index (κ3) is 2.15. The van der Waals surface area contributed by atoms with E-state index in [-0.39, 0.29) is 11.9 Å². The van der Waals surface area contributed by atoms with Crippen LogP contribution in [0.3, 0.4) is 0 Å². The van der Waals surface area contributed by atoms with Gasteiger partial charge in [0.05, 0.1) is 0 Å². The SMILES string of the molecule is NC[C@H](N)c1ccc(F)c(I)c1. The molecule has 4 heteroatoms. The Bertz CT molecular complexity index is 278. The van der Waals surface area contributed by atoms with Crippen LogP contribution in [0.1, 0.15) is 11.6 Å². The van der Waals surface area contributed by atoms with Crippen LogP contribution in [0, 0.1) is 9.39 Å². The number of benzene rings is 1. The van der Waals surface area contributed by atoms with E-state index in [4.69, 9.17) is 11.5 Å². The Balaban J connectivity index is 2.96. The largest absolute Gasteiger partial charge is 0.329 e. The molecule has 66 valence electrons. The lowest BCUT2D eigenvalue weighted by molar-refractivity contribution is 0.617. The molecule has 0 heterocycles. The Hall–Kier alpha value is -0.200. The highest BCUT2D eigenvalue weighted by Crippen LogP contribution is 2.16. The van der Waals surface area contributed by atoms with Gasteiger partial charge in [0.1, 0.15) is 5.82 Å². The van der Waals surface area contributed by atoms with Crippen molar-refractivity contribution in [3.8, 4) is 0 Å². The van der Waals surface area contributed by atoms with E-state index in [1.807, 2.05) is 22.6 Å². The Morgan fingerprint density at radius 2 is 2.17 bits per heavy atom. The standard InChI is InChI=1S/C8H10FIN2/c9-6-2-1-5(3-7(6)10)8(12)4-11/h1-3,8H,4,11-12H2/t8-/m0/s1. The van der Waals surface area contributed by atoms with Gasteiger partial charge >= 0.3 is 0 Å². The fourth-order valence-electron chi connectivity index (χ4n) is 0.879. The summed E-state index contributed by atoms with van der Waals surface area (Å²) in [7, 11) is 0. The van der Waals surface area contributed by atoms with Crippen LogP contribution < -0.4 is 11.5 Å². The second kappa shape index (κ2) is 4.15. The molecule has 0 unspecified atom stereocenters. The van der Waals surface area contributed by atoms with Crippen molar-refractivity contribution >= 4 is 22.6 Å². The molecule has 0 amide bonds. The average molecular weight is 280 g/mol. The smallest absolute Gasteiger partial charge is 0.136 e. The molecule has 0 radical (unpaired) electrons. The highest BCUT2D eigenvalue weighted by atomic mass is 127. The van der Waals surface area contributed by atoms with E-state index in [0.717, 1.165) is 5.56 Å². The maximum atomic E-state index is 12.8. The summed E-state index contributed by atoms with van der Waals surface area (Å²) < 4.78 is 13.4. The quantitative estimate of drug-likeness (QED) is 0.804. The van der Waals surface area contributed by atoms with E-state index in [1.165, 1.54) is 6.07 Å². The summed E-state index contributed by atoms with van der Waals surface area (Å²) in [4.78, 5) is 0. The van der Waals surface area contributed by atoms with Crippen molar-refractivity contribution in [2.45, 2.75) is 6.04 Å². The molecule has 2 nitrogen and oxygen atoms in total. The molecule has 0 bridgehead atoms. The summed E-state index contributed by atoms with van der Waals surface area (Å²) in [5, 5.41) is 0. The first-order valence-corrected chi connectivity index (χ1v) is 4.63. The minimum absolute atomic E-state index is 0.195. The van der Waals surface area contributed by atoms with Crippen molar-refractivity contribution in [2.75, 3.05) is 6.54 Å². The first-order valence-electron chi connectivity index (χ1n) is 3.55. The fourth-order valence-corrected chi connectivity index (χ4v) is 1.42. The summed E-state index contributed by atoms with van der Waals surface area (Å²) in [6.45, 7) is 0.377. The number of nitrogens with two attached hydrogens (primary N) is 2. The minimum atomic E-state index is -0.219. The first-order chi connectivity index (χ1) is 5.65. The van der Waals surface area contributed by atoms with Gasteiger partial charge in [-0.2, -0.15) is 0 Å². The molecule has 0 spiro atoms. The lowest BCUT2D eigenvalue weighted by Crippen LogP contribution is -2.20. The lowest BCUT2D eigenvalue weighted by Gasteiger charge is -2.09. The van der Waals surface area contributed by atoms with Crippen molar-refractivity contribution in [3.05, 3.63) is 33.1 Å². The highest BCUT2D eigenvalue weighted by molar-refractivity contribution is 14.1. The van der Waals surface area contributed by atoms with E-state index in [1.54, 1.807) is 12.1 Å². The monoisotopic (exact) mass is 280 g/mol. The number of rotatable bonds is 2. The van der Waals surface area contributed by atoms with Crippen LogP contribution in [-0.4, -0.2) is 6.54 Å². The van der Waals surface area contributed by atoms with Gasteiger partial charge in [0.25, 0.3) is 0 Å². The maximum Gasteiger partial charge on any atom is 0.136 e. The van der Waals surface area contributed by atoms with E-state index >= 15 is 0 Å². The summed E-state index contributed by atoms with van der Waals surface area (Å²) in [5.74, 6) is -0.219. The topological polar surface area (TPSA) is 52.0 Å². The van der Waals surface area contributed by atoms with Gasteiger partial charge in [-0.25, -0.2) is 4.39 Å². The summed E-state index contributed by atoms with van der Waals surface area (Å²) in [6.07, 6.45) is 0. The van der Waals surface area contributed by atoms with Crippen LogP contribution in [0.25, 0.3) is 0 Å². The normalized spacial score (nSPS) is 13.0. The molecule has 0 saturated carbocycles. The summed E-state index contributed by atoms with van der Waals surface area (Å²) in [6, 6.07) is 4.59. The van der Waals surface area contributed by atoms with E-state index in [2.05, 4.69) is 0 Å². The molecule has 0 fully saturated rings. The zero-order chi connectivity index (χ0) is 9.14. The molecule has 12 heavy (non-hydrogen) atoms. The molecule has 1 aromatic carbocycles. The molecule has 0 saturated heterocycles. The van der Waals surface area contributed by atoms with Crippen molar-refractivity contribution in [2.24, 2.45) is 11.5 Å². The van der Waals surface area contributed by atoms with Gasteiger partial charge in [-0.15, -0.1) is 0 Å². The van der Waals surface area contributed by atoms with Gasteiger partial charge in [-0.1, -0.05) is 6.07 Å². The second-order valence-electron chi connectivity index (χ2n) is 2.52. The molecule has 0 aliphatic heterocycles. The molecular weight excluding hydrogens is 270 g/mol. The van der Waals surface area contributed by atoms with Crippen molar-refractivity contribution < 1.29 is 4.39 Å². The summed E-state index contributed by atoms with van der Waals surface area (Å²) >= 11 is 1.93. The first kappa shape index (κ1) is 9.88. The Kier molecular flexibility index (Phi) is 3.42. The zero-order valence-electron chi connectivity index (χ0n) is 6.43.